The number of amides is 4. The summed E-state index contributed by atoms with van der Waals surface area (Å²) in [6.07, 6.45) is -0.783. The summed E-state index contributed by atoms with van der Waals surface area (Å²) in [7, 11) is 1.59. The van der Waals surface area contributed by atoms with Crippen LogP contribution >= 0.6 is 0 Å². The fourth-order valence-corrected chi connectivity index (χ4v) is 3.95. The summed E-state index contributed by atoms with van der Waals surface area (Å²) in [5.74, 6) is -3.46. The number of carbonyl (C=O) groups is 6. The van der Waals surface area contributed by atoms with Crippen molar-refractivity contribution in [2.75, 3.05) is 29.1 Å². The minimum Gasteiger partial charge on any atom is -0.483 e. The number of hydrogen-bond acceptors (Lipinski definition) is 6. The smallest absolute Gasteiger partial charge is 0.323 e. The molecule has 1 unspecified atom stereocenters. The average molecular weight is 591 g/mol. The molecule has 12 nitrogen and oxygen atoms in total. The van der Waals surface area contributed by atoms with Crippen molar-refractivity contribution in [2.24, 2.45) is 5.92 Å². The first-order valence-electron chi connectivity index (χ1n) is 13.2. The summed E-state index contributed by atoms with van der Waals surface area (Å²) in [6, 6.07) is 22.0. The summed E-state index contributed by atoms with van der Waals surface area (Å²) < 4.78 is 0. The lowest BCUT2D eigenvalue weighted by atomic mass is 9.94. The van der Waals surface area contributed by atoms with Crippen LogP contribution < -0.4 is 20.9 Å². The van der Waals surface area contributed by atoms with Gasteiger partial charge in [-0.3, -0.25) is 24.0 Å². The van der Waals surface area contributed by atoms with Gasteiger partial charge in [0.25, 0.3) is 6.47 Å². The summed E-state index contributed by atoms with van der Waals surface area (Å²) in [5.41, 5.74) is 3.15. The maximum atomic E-state index is 12.7. The Bertz CT molecular complexity index is 1410. The van der Waals surface area contributed by atoms with Crippen LogP contribution in [0.2, 0.25) is 0 Å². The topological polar surface area (TPSA) is 182 Å². The number of urea groups is 1. The Hall–Kier alpha value is -5.52. The molecule has 4 amide bonds. The fourth-order valence-electron chi connectivity index (χ4n) is 3.95. The van der Waals surface area contributed by atoms with E-state index in [0.29, 0.717) is 22.6 Å². The number of para-hydroxylation sites is 1. The van der Waals surface area contributed by atoms with E-state index in [0.717, 1.165) is 5.56 Å². The molecule has 0 saturated carbocycles. The van der Waals surface area contributed by atoms with Gasteiger partial charge in [-0.15, -0.1) is 0 Å². The first kappa shape index (κ1) is 33.7. The van der Waals surface area contributed by atoms with Crippen molar-refractivity contribution in [3.63, 3.8) is 0 Å². The lowest BCUT2D eigenvalue weighted by Crippen LogP contribution is -2.36. The lowest BCUT2D eigenvalue weighted by Gasteiger charge is -2.19. The molecule has 0 fully saturated rings. The van der Waals surface area contributed by atoms with Crippen LogP contribution in [0.5, 0.6) is 0 Å². The van der Waals surface area contributed by atoms with E-state index in [2.05, 4.69) is 16.0 Å². The molecule has 3 aromatic carbocycles. The lowest BCUT2D eigenvalue weighted by molar-refractivity contribution is -0.141. The summed E-state index contributed by atoms with van der Waals surface area (Å²) in [5, 5.41) is 24.2. The fraction of sp³-hybridized carbons (Fsp3) is 0.226. The molecule has 12 heteroatoms. The Morgan fingerprint density at radius 1 is 0.860 bits per heavy atom. The largest absolute Gasteiger partial charge is 0.483 e. The van der Waals surface area contributed by atoms with Gasteiger partial charge in [0.2, 0.25) is 11.8 Å². The van der Waals surface area contributed by atoms with Crippen molar-refractivity contribution in [1.29, 1.82) is 0 Å². The monoisotopic (exact) mass is 590 g/mol. The molecule has 0 heterocycles. The quantitative estimate of drug-likeness (QED) is 0.154. The molecular formula is C31H34N4O8. The van der Waals surface area contributed by atoms with Crippen molar-refractivity contribution >= 4 is 53.1 Å². The molecule has 43 heavy (non-hydrogen) atoms. The van der Waals surface area contributed by atoms with E-state index in [4.69, 9.17) is 9.90 Å². The number of aliphatic carboxylic acids is 1. The Morgan fingerprint density at radius 2 is 1.47 bits per heavy atom. The number of carboxylic acids is 1. The van der Waals surface area contributed by atoms with E-state index in [1.807, 2.05) is 25.1 Å². The molecule has 1 atom stereocenters. The summed E-state index contributed by atoms with van der Waals surface area (Å²) >= 11 is 0. The highest BCUT2D eigenvalue weighted by Gasteiger charge is 2.25. The van der Waals surface area contributed by atoms with Gasteiger partial charge in [0.1, 0.15) is 0 Å². The number of rotatable bonds is 12. The van der Waals surface area contributed by atoms with E-state index in [1.54, 1.807) is 67.7 Å². The maximum absolute atomic E-state index is 12.7. The van der Waals surface area contributed by atoms with Gasteiger partial charge in [0, 0.05) is 49.1 Å². The highest BCUT2D eigenvalue weighted by molar-refractivity contribution is 6.01. The zero-order valence-corrected chi connectivity index (χ0v) is 23.8. The predicted molar refractivity (Wildman–Crippen MR) is 161 cm³/mol. The molecule has 0 aliphatic rings. The molecule has 3 rings (SSSR count). The third-order valence-corrected chi connectivity index (χ3v) is 6.24. The van der Waals surface area contributed by atoms with Gasteiger partial charge in [0.15, 0.2) is 5.78 Å². The van der Waals surface area contributed by atoms with E-state index in [-0.39, 0.29) is 37.5 Å². The summed E-state index contributed by atoms with van der Waals surface area (Å²) in [4.78, 5) is 71.1. The van der Waals surface area contributed by atoms with Crippen LogP contribution in [0.1, 0.15) is 35.2 Å². The molecule has 0 aromatic heterocycles. The first-order chi connectivity index (χ1) is 20.5. The Kier molecular flexibility index (Phi) is 13.6. The molecule has 0 aliphatic carbocycles. The van der Waals surface area contributed by atoms with Crippen LogP contribution in [0.3, 0.4) is 0 Å². The van der Waals surface area contributed by atoms with Gasteiger partial charge in [0.05, 0.1) is 12.3 Å². The zero-order chi connectivity index (χ0) is 31.8. The second-order valence-corrected chi connectivity index (χ2v) is 9.33. The molecule has 226 valence electrons. The molecule has 0 spiro atoms. The van der Waals surface area contributed by atoms with E-state index < -0.39 is 30.2 Å². The van der Waals surface area contributed by atoms with Crippen molar-refractivity contribution < 1.29 is 39.0 Å². The van der Waals surface area contributed by atoms with Gasteiger partial charge in [-0.2, -0.15) is 0 Å². The van der Waals surface area contributed by atoms with E-state index >= 15 is 0 Å². The van der Waals surface area contributed by atoms with Gasteiger partial charge in [-0.25, -0.2) is 4.79 Å². The van der Waals surface area contributed by atoms with Crippen molar-refractivity contribution in [3.8, 4) is 0 Å². The highest BCUT2D eigenvalue weighted by atomic mass is 16.4. The third-order valence-electron chi connectivity index (χ3n) is 6.24. The second kappa shape index (κ2) is 17.3. The van der Waals surface area contributed by atoms with Crippen molar-refractivity contribution in [2.45, 2.75) is 26.2 Å². The SMILES string of the molecule is Cc1ccccc1NC(=O)Nc1ccc(N(C)C(=O)CCNC(=O)C(CC(=O)O)CC(=O)c2ccccc2)cc1.O=CO. The standard InChI is InChI=1S/C30H32N4O6.CH2O2/c1-20-8-6-7-11-25(20)33-30(40)32-23-12-14-24(15-13-23)34(2)27(36)16-17-31-29(39)22(19-28(37)38)18-26(35)21-9-4-3-5-10-21;2-1-3/h3-15,22H,16-19H2,1-2H3,(H,31,39)(H,37,38)(H2,32,33,40);1H,(H,2,3). The minimum atomic E-state index is -1.19. The second-order valence-electron chi connectivity index (χ2n) is 9.33. The molecule has 0 aliphatic heterocycles. The molecule has 5 N–H and O–H groups in total. The van der Waals surface area contributed by atoms with Crippen LogP contribution in [0.15, 0.2) is 78.9 Å². The number of ketones is 1. The number of benzene rings is 3. The molecule has 0 radical (unpaired) electrons. The molecule has 0 saturated heterocycles. The number of carbonyl (C=O) groups excluding carboxylic acids is 4. The van der Waals surface area contributed by atoms with Crippen LogP contribution in [0, 0.1) is 12.8 Å². The molecular weight excluding hydrogens is 556 g/mol. The molecule has 3 aromatic rings. The third kappa shape index (κ3) is 11.5. The van der Waals surface area contributed by atoms with Crippen LogP contribution in [0.4, 0.5) is 21.9 Å². The Labute approximate surface area is 248 Å². The number of nitrogens with zero attached hydrogens (tertiary/aromatic N) is 1. The van der Waals surface area contributed by atoms with Crippen molar-refractivity contribution in [1.82, 2.24) is 5.32 Å². The first-order valence-corrected chi connectivity index (χ1v) is 13.2. The maximum Gasteiger partial charge on any atom is 0.323 e. The van der Waals surface area contributed by atoms with E-state index in [9.17, 15) is 29.1 Å². The Balaban J connectivity index is 0.00000206. The van der Waals surface area contributed by atoms with Crippen molar-refractivity contribution in [3.05, 3.63) is 90.0 Å². The van der Waals surface area contributed by atoms with E-state index in [1.165, 1.54) is 4.90 Å². The Morgan fingerprint density at radius 3 is 2.07 bits per heavy atom. The number of carboxylic acid groups (broad SMARTS) is 2. The van der Waals surface area contributed by atoms with Gasteiger partial charge < -0.3 is 31.1 Å². The number of anilines is 3. The van der Waals surface area contributed by atoms with Gasteiger partial charge in [-0.05, 0) is 42.8 Å². The zero-order valence-electron chi connectivity index (χ0n) is 23.8. The number of hydrogen-bond donors (Lipinski definition) is 5. The summed E-state index contributed by atoms with van der Waals surface area (Å²) in [6.45, 7) is 1.63. The van der Waals surface area contributed by atoms with Crippen LogP contribution in [-0.4, -0.2) is 59.9 Å². The van der Waals surface area contributed by atoms with Gasteiger partial charge in [-0.1, -0.05) is 48.5 Å². The minimum absolute atomic E-state index is 0.0175. The normalized spacial score (nSPS) is 10.7. The van der Waals surface area contributed by atoms with Crippen LogP contribution in [0.25, 0.3) is 0 Å². The highest BCUT2D eigenvalue weighted by Crippen LogP contribution is 2.19. The predicted octanol–water partition coefficient (Wildman–Crippen LogP) is 4.17. The van der Waals surface area contributed by atoms with Gasteiger partial charge >= 0.3 is 12.0 Å². The number of nitrogens with one attached hydrogen (secondary N) is 3. The number of Topliss-reactive ketones (excluding diaryl/α,β-unsaturated/α-hetero) is 1. The van der Waals surface area contributed by atoms with Crippen LogP contribution in [-0.2, 0) is 19.2 Å². The molecule has 0 bridgehead atoms. The average Bonchev–Trinajstić information content (AvgIpc) is 2.98. The number of aryl methyl sites for hydroxylation is 1.